The van der Waals surface area contributed by atoms with Crippen molar-refractivity contribution in [3.05, 3.63) is 24.3 Å². The van der Waals surface area contributed by atoms with Crippen molar-refractivity contribution < 1.29 is 13.6 Å². The summed E-state index contributed by atoms with van der Waals surface area (Å²) < 4.78 is 24.5. The highest BCUT2D eigenvalue weighted by molar-refractivity contribution is 7.99. The second-order valence-electron chi connectivity index (χ2n) is 4.54. The van der Waals surface area contributed by atoms with Gasteiger partial charge in [-0.2, -0.15) is 8.78 Å². The molecule has 3 nitrogen and oxygen atoms in total. The fraction of sp³-hybridized carbons (Fsp3) is 0.462. The monoisotopic (exact) mass is 288 g/mol. The molecule has 0 aliphatic rings. The first-order valence-electron chi connectivity index (χ1n) is 6.01. The Labute approximate surface area is 116 Å². The Morgan fingerprint density at radius 3 is 2.53 bits per heavy atom. The largest absolute Gasteiger partial charge is 0.335 e. The zero-order valence-electron chi connectivity index (χ0n) is 11.1. The van der Waals surface area contributed by atoms with Crippen LogP contribution in [0.1, 0.15) is 20.8 Å². The zero-order chi connectivity index (χ0) is 14.4. The van der Waals surface area contributed by atoms with Gasteiger partial charge in [0.2, 0.25) is 0 Å². The van der Waals surface area contributed by atoms with E-state index in [9.17, 15) is 13.6 Å². The number of anilines is 1. The molecule has 1 atom stereocenters. The van der Waals surface area contributed by atoms with Gasteiger partial charge in [-0.3, -0.25) is 0 Å². The molecule has 2 amide bonds. The third-order valence-corrected chi connectivity index (χ3v) is 3.38. The number of halogens is 2. The van der Waals surface area contributed by atoms with E-state index in [-0.39, 0.29) is 12.1 Å². The van der Waals surface area contributed by atoms with Crippen LogP contribution in [0.4, 0.5) is 19.3 Å². The first-order valence-corrected chi connectivity index (χ1v) is 6.89. The molecular weight excluding hydrogens is 270 g/mol. The first-order chi connectivity index (χ1) is 8.88. The van der Waals surface area contributed by atoms with Gasteiger partial charge in [0, 0.05) is 16.6 Å². The number of amides is 2. The van der Waals surface area contributed by atoms with Crippen molar-refractivity contribution in [1.29, 1.82) is 0 Å². The number of nitrogens with one attached hydrogen (secondary N) is 2. The fourth-order valence-corrected chi connectivity index (χ4v) is 1.85. The molecule has 0 bridgehead atoms. The smallest absolute Gasteiger partial charge is 0.319 e. The van der Waals surface area contributed by atoms with Crippen LogP contribution in [0.5, 0.6) is 0 Å². The van der Waals surface area contributed by atoms with E-state index < -0.39 is 5.76 Å². The second kappa shape index (κ2) is 7.33. The molecule has 0 heterocycles. The SMILES string of the molecule is CC(C)C(C)NC(=O)Nc1cccc(SC(F)F)c1. The normalized spacial score (nSPS) is 12.6. The quantitative estimate of drug-likeness (QED) is 0.798. The molecule has 0 radical (unpaired) electrons. The highest BCUT2D eigenvalue weighted by Gasteiger charge is 2.11. The van der Waals surface area contributed by atoms with Crippen LogP contribution < -0.4 is 10.6 Å². The Bertz CT molecular complexity index is 427. The van der Waals surface area contributed by atoms with Gasteiger partial charge in [-0.1, -0.05) is 31.7 Å². The Balaban J connectivity index is 2.59. The maximum Gasteiger partial charge on any atom is 0.319 e. The summed E-state index contributed by atoms with van der Waals surface area (Å²) in [6.07, 6.45) is 0. The van der Waals surface area contributed by atoms with Crippen molar-refractivity contribution >= 4 is 23.5 Å². The first kappa shape index (κ1) is 15.8. The predicted molar refractivity (Wildman–Crippen MR) is 74.8 cm³/mol. The van der Waals surface area contributed by atoms with Crippen LogP contribution in [0.25, 0.3) is 0 Å². The molecule has 1 aromatic carbocycles. The minimum atomic E-state index is -2.47. The molecule has 0 fully saturated rings. The van der Waals surface area contributed by atoms with E-state index in [1.165, 1.54) is 6.07 Å². The summed E-state index contributed by atoms with van der Waals surface area (Å²) in [7, 11) is 0. The van der Waals surface area contributed by atoms with E-state index >= 15 is 0 Å². The summed E-state index contributed by atoms with van der Waals surface area (Å²) in [5.74, 6) is -2.14. The van der Waals surface area contributed by atoms with Crippen molar-refractivity contribution in [3.63, 3.8) is 0 Å². The van der Waals surface area contributed by atoms with Crippen molar-refractivity contribution in [2.24, 2.45) is 5.92 Å². The van der Waals surface area contributed by atoms with E-state index in [4.69, 9.17) is 0 Å². The van der Waals surface area contributed by atoms with Crippen LogP contribution in [0, 0.1) is 5.92 Å². The molecule has 1 unspecified atom stereocenters. The number of urea groups is 1. The van der Waals surface area contributed by atoms with Crippen molar-refractivity contribution in [2.75, 3.05) is 5.32 Å². The molecule has 6 heteroatoms. The Hall–Kier alpha value is -1.30. The topological polar surface area (TPSA) is 41.1 Å². The van der Waals surface area contributed by atoms with Crippen LogP contribution in [-0.2, 0) is 0 Å². The molecular formula is C13H18F2N2OS. The second-order valence-corrected chi connectivity index (χ2v) is 5.60. The molecule has 0 spiro atoms. The summed E-state index contributed by atoms with van der Waals surface area (Å²) >= 11 is 0.453. The van der Waals surface area contributed by atoms with Gasteiger partial charge in [0.15, 0.2) is 0 Å². The van der Waals surface area contributed by atoms with E-state index in [1.807, 2.05) is 20.8 Å². The summed E-state index contributed by atoms with van der Waals surface area (Å²) in [6, 6.07) is 6.10. The molecule has 0 aliphatic carbocycles. The van der Waals surface area contributed by atoms with Crippen LogP contribution in [0.2, 0.25) is 0 Å². The average molecular weight is 288 g/mol. The molecule has 1 aromatic rings. The number of benzene rings is 1. The minimum Gasteiger partial charge on any atom is -0.335 e. The minimum absolute atomic E-state index is 0.0404. The van der Waals surface area contributed by atoms with E-state index in [0.717, 1.165) is 0 Å². The third kappa shape index (κ3) is 5.92. The van der Waals surface area contributed by atoms with Crippen LogP contribution in [-0.4, -0.2) is 17.8 Å². The molecule has 0 aromatic heterocycles. The van der Waals surface area contributed by atoms with E-state index in [2.05, 4.69) is 10.6 Å². The van der Waals surface area contributed by atoms with Crippen molar-refractivity contribution in [1.82, 2.24) is 5.32 Å². The molecule has 0 saturated heterocycles. The fourth-order valence-electron chi connectivity index (χ4n) is 1.29. The summed E-state index contributed by atoms with van der Waals surface area (Å²) in [5.41, 5.74) is 0.499. The van der Waals surface area contributed by atoms with Crippen LogP contribution in [0.3, 0.4) is 0 Å². The van der Waals surface area contributed by atoms with E-state index in [1.54, 1.807) is 18.2 Å². The number of carbonyl (C=O) groups excluding carboxylic acids is 1. The Morgan fingerprint density at radius 2 is 1.95 bits per heavy atom. The van der Waals surface area contributed by atoms with Gasteiger partial charge >= 0.3 is 6.03 Å². The highest BCUT2D eigenvalue weighted by atomic mass is 32.2. The molecule has 106 valence electrons. The van der Waals surface area contributed by atoms with Crippen LogP contribution >= 0.6 is 11.8 Å². The number of alkyl halides is 2. The molecule has 0 saturated carbocycles. The molecule has 2 N–H and O–H groups in total. The summed E-state index contributed by atoms with van der Waals surface area (Å²) in [5, 5.41) is 5.42. The van der Waals surface area contributed by atoms with Crippen LogP contribution in [0.15, 0.2) is 29.2 Å². The summed E-state index contributed by atoms with van der Waals surface area (Å²) in [6.45, 7) is 5.92. The van der Waals surface area contributed by atoms with Gasteiger partial charge in [0.25, 0.3) is 5.76 Å². The van der Waals surface area contributed by atoms with Gasteiger partial charge < -0.3 is 10.6 Å². The number of rotatable bonds is 5. The average Bonchev–Trinajstić information content (AvgIpc) is 2.27. The lowest BCUT2D eigenvalue weighted by Gasteiger charge is -2.18. The molecule has 19 heavy (non-hydrogen) atoms. The lowest BCUT2D eigenvalue weighted by atomic mass is 10.1. The van der Waals surface area contributed by atoms with Gasteiger partial charge in [0.05, 0.1) is 0 Å². The highest BCUT2D eigenvalue weighted by Crippen LogP contribution is 2.27. The standard InChI is InChI=1S/C13H18F2N2OS/c1-8(2)9(3)16-13(18)17-10-5-4-6-11(7-10)19-12(14)15/h4-9,12H,1-3H3,(H2,16,17,18). The van der Waals surface area contributed by atoms with Gasteiger partial charge in [-0.15, -0.1) is 0 Å². The van der Waals surface area contributed by atoms with E-state index in [0.29, 0.717) is 28.3 Å². The number of carbonyl (C=O) groups is 1. The zero-order valence-corrected chi connectivity index (χ0v) is 11.9. The number of hydrogen-bond acceptors (Lipinski definition) is 2. The van der Waals surface area contributed by atoms with Crippen molar-refractivity contribution in [3.8, 4) is 0 Å². The number of hydrogen-bond donors (Lipinski definition) is 2. The summed E-state index contributed by atoms with van der Waals surface area (Å²) in [4.78, 5) is 12.1. The third-order valence-electron chi connectivity index (χ3n) is 2.68. The van der Waals surface area contributed by atoms with Gasteiger partial charge in [0.1, 0.15) is 0 Å². The lowest BCUT2D eigenvalue weighted by Crippen LogP contribution is -2.38. The molecule has 0 aliphatic heterocycles. The Kier molecular flexibility index (Phi) is 6.08. The van der Waals surface area contributed by atoms with Crippen molar-refractivity contribution in [2.45, 2.75) is 37.5 Å². The lowest BCUT2D eigenvalue weighted by molar-refractivity contribution is 0.246. The predicted octanol–water partition coefficient (Wildman–Crippen LogP) is 4.17. The van der Waals surface area contributed by atoms with Gasteiger partial charge in [-0.25, -0.2) is 4.79 Å². The van der Waals surface area contributed by atoms with Gasteiger partial charge in [-0.05, 0) is 31.0 Å². The molecule has 1 rings (SSSR count). The number of thioether (sulfide) groups is 1. The maximum absolute atomic E-state index is 12.2. The Morgan fingerprint density at radius 1 is 1.26 bits per heavy atom. The maximum atomic E-state index is 12.2.